The minimum Gasteiger partial charge on any atom is -0.344 e. The molecule has 3 N–H and O–H groups in total. The Labute approximate surface area is 270 Å². The Morgan fingerprint density at radius 1 is 1.04 bits per heavy atom. The highest BCUT2D eigenvalue weighted by atomic mass is 19.1. The van der Waals surface area contributed by atoms with Crippen molar-refractivity contribution in [2.24, 2.45) is 11.8 Å². The molecule has 2 heterocycles. The maximum atomic E-state index is 15.6. The summed E-state index contributed by atoms with van der Waals surface area (Å²) in [6, 6.07) is 2.56. The zero-order valence-electron chi connectivity index (χ0n) is 27.8. The van der Waals surface area contributed by atoms with Crippen molar-refractivity contribution in [1.29, 1.82) is 0 Å². The lowest BCUT2D eigenvalue weighted by Crippen LogP contribution is -2.59. The standard InChI is InChI=1S/C33H48FN7O5/c1-7-25-30(39-46-38-25)32(44)37-29(22-11-9-19(3)10-12-22)31(43)35-26-14-13-23(17-24(26)34)21(5)28(36-27(42)8-2)33(45)41-16-15-40(6)18-20(41)4/h13-14,17,19-22,28-29H,7-12,15-16,18H2,1-6H3,(H,35,43)(H,36,42)(H,37,44)/t19-,20-,21+,22-,28-,29+/m1/s1. The van der Waals surface area contributed by atoms with E-state index in [9.17, 15) is 19.2 Å². The van der Waals surface area contributed by atoms with E-state index in [1.165, 1.54) is 12.1 Å². The molecule has 12 nitrogen and oxygen atoms in total. The molecule has 2 aromatic rings. The van der Waals surface area contributed by atoms with Gasteiger partial charge in [0.15, 0.2) is 5.69 Å². The molecule has 1 aliphatic heterocycles. The number of hydrogen-bond donors (Lipinski definition) is 3. The fourth-order valence-electron chi connectivity index (χ4n) is 6.48. The second-order valence-corrected chi connectivity index (χ2v) is 12.9. The Kier molecular flexibility index (Phi) is 11.9. The summed E-state index contributed by atoms with van der Waals surface area (Å²) in [6.45, 7) is 11.4. The van der Waals surface area contributed by atoms with Gasteiger partial charge in [-0.2, -0.15) is 0 Å². The van der Waals surface area contributed by atoms with E-state index in [1.807, 2.05) is 20.9 Å². The van der Waals surface area contributed by atoms with E-state index in [0.717, 1.165) is 32.2 Å². The molecule has 1 saturated heterocycles. The summed E-state index contributed by atoms with van der Waals surface area (Å²) in [5.41, 5.74) is 0.872. The molecule has 1 aromatic carbocycles. The highest BCUT2D eigenvalue weighted by Gasteiger charge is 2.37. The Morgan fingerprint density at radius 2 is 1.76 bits per heavy atom. The fourth-order valence-corrected chi connectivity index (χ4v) is 6.48. The van der Waals surface area contributed by atoms with E-state index in [0.29, 0.717) is 36.7 Å². The van der Waals surface area contributed by atoms with Gasteiger partial charge < -0.3 is 25.8 Å². The highest BCUT2D eigenvalue weighted by molar-refractivity contribution is 6.01. The number of nitrogens with one attached hydrogen (secondary N) is 3. The SMILES string of the molecule is CCC(=O)N[C@@H](C(=O)N1CCN(C)C[C@H]1C)[C@@H](C)c1ccc(NC(=O)[C@@H](NC(=O)c2nonc2CC)[C@H]2CC[C@H](C)CC2)c(F)c1. The van der Waals surface area contributed by atoms with Crippen molar-refractivity contribution in [3.05, 3.63) is 41.0 Å². The summed E-state index contributed by atoms with van der Waals surface area (Å²) in [5.74, 6) is -2.43. The highest BCUT2D eigenvalue weighted by Crippen LogP contribution is 2.32. The normalized spacial score (nSPS) is 22.4. The average molecular weight is 642 g/mol. The smallest absolute Gasteiger partial charge is 0.276 e. The van der Waals surface area contributed by atoms with Crippen LogP contribution in [0.2, 0.25) is 0 Å². The van der Waals surface area contributed by atoms with Gasteiger partial charge in [-0.15, -0.1) is 0 Å². The van der Waals surface area contributed by atoms with E-state index in [4.69, 9.17) is 4.63 Å². The van der Waals surface area contributed by atoms with Crippen LogP contribution < -0.4 is 16.0 Å². The summed E-state index contributed by atoms with van der Waals surface area (Å²) >= 11 is 0. The van der Waals surface area contributed by atoms with Crippen molar-refractivity contribution < 1.29 is 28.2 Å². The maximum absolute atomic E-state index is 15.6. The van der Waals surface area contributed by atoms with E-state index in [1.54, 1.807) is 24.8 Å². The molecule has 0 radical (unpaired) electrons. The molecule has 2 fully saturated rings. The zero-order valence-corrected chi connectivity index (χ0v) is 27.8. The second kappa shape index (κ2) is 15.6. The van der Waals surface area contributed by atoms with E-state index >= 15 is 4.39 Å². The number of hydrogen-bond acceptors (Lipinski definition) is 8. The lowest BCUT2D eigenvalue weighted by Gasteiger charge is -2.41. The molecule has 1 aromatic heterocycles. The molecular formula is C33H48FN7O5. The summed E-state index contributed by atoms with van der Waals surface area (Å²) in [5, 5.41) is 15.8. The number of halogens is 1. The summed E-state index contributed by atoms with van der Waals surface area (Å²) < 4.78 is 20.4. The first kappa shape index (κ1) is 35.0. The van der Waals surface area contributed by atoms with Crippen molar-refractivity contribution in [3.8, 4) is 0 Å². The summed E-state index contributed by atoms with van der Waals surface area (Å²) in [7, 11) is 2.00. The third-order valence-corrected chi connectivity index (χ3v) is 9.50. The van der Waals surface area contributed by atoms with Crippen LogP contribution in [-0.2, 0) is 20.8 Å². The summed E-state index contributed by atoms with van der Waals surface area (Å²) in [4.78, 5) is 56.9. The number of likely N-dealkylation sites (N-methyl/N-ethyl adjacent to an activating group) is 1. The quantitative estimate of drug-likeness (QED) is 0.338. The number of aromatic nitrogens is 2. The number of piperazine rings is 1. The molecule has 13 heteroatoms. The molecule has 1 aliphatic carbocycles. The fraction of sp³-hybridized carbons (Fsp3) is 0.636. The lowest BCUT2D eigenvalue weighted by atomic mass is 9.79. The molecule has 46 heavy (non-hydrogen) atoms. The van der Waals surface area contributed by atoms with Gasteiger partial charge >= 0.3 is 0 Å². The number of amides is 4. The topological polar surface area (TPSA) is 150 Å². The predicted molar refractivity (Wildman–Crippen MR) is 170 cm³/mol. The molecule has 0 spiro atoms. The van der Waals surface area contributed by atoms with Gasteiger partial charge in [-0.05, 0) is 67.9 Å². The Morgan fingerprint density at radius 3 is 2.39 bits per heavy atom. The van der Waals surface area contributed by atoms with Crippen LogP contribution in [0.25, 0.3) is 0 Å². The maximum Gasteiger partial charge on any atom is 0.276 e. The Bertz CT molecular complexity index is 1390. The lowest BCUT2D eigenvalue weighted by molar-refractivity contribution is -0.140. The average Bonchev–Trinajstić information content (AvgIpc) is 3.52. The number of anilines is 1. The second-order valence-electron chi connectivity index (χ2n) is 12.9. The largest absolute Gasteiger partial charge is 0.344 e. The Balaban J connectivity index is 1.53. The first-order chi connectivity index (χ1) is 21.9. The number of carbonyl (C=O) groups excluding carboxylic acids is 4. The van der Waals surface area contributed by atoms with Gasteiger partial charge in [0.1, 0.15) is 23.6 Å². The van der Waals surface area contributed by atoms with Crippen molar-refractivity contribution in [1.82, 2.24) is 30.7 Å². The van der Waals surface area contributed by atoms with Gasteiger partial charge in [-0.3, -0.25) is 19.2 Å². The third kappa shape index (κ3) is 8.28. The van der Waals surface area contributed by atoms with Crippen molar-refractivity contribution in [2.45, 2.75) is 97.2 Å². The number of carbonyl (C=O) groups is 4. The molecule has 0 bridgehead atoms. The first-order valence-corrected chi connectivity index (χ1v) is 16.4. The molecule has 0 unspecified atom stereocenters. The van der Waals surface area contributed by atoms with Gasteiger partial charge in [-0.1, -0.05) is 51.8 Å². The van der Waals surface area contributed by atoms with Crippen LogP contribution in [0, 0.1) is 17.7 Å². The summed E-state index contributed by atoms with van der Waals surface area (Å²) in [6.07, 6.45) is 3.94. The van der Waals surface area contributed by atoms with Crippen molar-refractivity contribution in [3.63, 3.8) is 0 Å². The minimum absolute atomic E-state index is 0.0271. The zero-order chi connectivity index (χ0) is 33.5. The molecule has 2 aliphatic rings. The molecular weight excluding hydrogens is 593 g/mol. The molecule has 252 valence electrons. The van der Waals surface area contributed by atoms with Gasteiger partial charge in [0.2, 0.25) is 17.7 Å². The minimum atomic E-state index is -0.920. The predicted octanol–water partition coefficient (Wildman–Crippen LogP) is 3.50. The van der Waals surface area contributed by atoms with Gasteiger partial charge in [-0.25, -0.2) is 9.02 Å². The number of nitrogens with zero attached hydrogens (tertiary/aromatic N) is 4. The van der Waals surface area contributed by atoms with Gasteiger partial charge in [0, 0.05) is 38.0 Å². The van der Waals surface area contributed by atoms with Crippen molar-refractivity contribution >= 4 is 29.3 Å². The molecule has 4 atom stereocenters. The van der Waals surface area contributed by atoms with E-state index in [-0.39, 0.29) is 41.6 Å². The molecule has 4 rings (SSSR count). The van der Waals surface area contributed by atoms with E-state index in [2.05, 4.69) is 38.1 Å². The van der Waals surface area contributed by atoms with Gasteiger partial charge in [0.05, 0.1) is 5.69 Å². The molecule has 4 amide bonds. The van der Waals surface area contributed by atoms with Crippen LogP contribution in [0.3, 0.4) is 0 Å². The molecule has 1 saturated carbocycles. The van der Waals surface area contributed by atoms with Crippen LogP contribution in [0.4, 0.5) is 10.1 Å². The van der Waals surface area contributed by atoms with Crippen molar-refractivity contribution in [2.75, 3.05) is 32.0 Å². The number of aryl methyl sites for hydroxylation is 1. The monoisotopic (exact) mass is 641 g/mol. The van der Waals surface area contributed by atoms with Crippen LogP contribution in [0.1, 0.15) is 94.4 Å². The Hall–Kier alpha value is -3.87. The third-order valence-electron chi connectivity index (χ3n) is 9.50. The van der Waals surface area contributed by atoms with Crippen LogP contribution >= 0.6 is 0 Å². The van der Waals surface area contributed by atoms with E-state index < -0.39 is 35.6 Å². The van der Waals surface area contributed by atoms with Crippen LogP contribution in [0.5, 0.6) is 0 Å². The number of rotatable bonds is 11. The first-order valence-electron chi connectivity index (χ1n) is 16.4. The number of benzene rings is 1. The van der Waals surface area contributed by atoms with Gasteiger partial charge in [0.25, 0.3) is 5.91 Å². The van der Waals surface area contributed by atoms with Crippen LogP contribution in [0.15, 0.2) is 22.8 Å². The van der Waals surface area contributed by atoms with Crippen LogP contribution in [-0.4, -0.2) is 88.5 Å².